The average molecular weight is 629 g/mol. The van der Waals surface area contributed by atoms with Crippen LogP contribution < -0.4 is 21.3 Å². The lowest BCUT2D eigenvalue weighted by Crippen LogP contribution is -2.40. The van der Waals surface area contributed by atoms with E-state index in [0.717, 1.165) is 25.8 Å². The Bertz CT molecular complexity index is 1360. The van der Waals surface area contributed by atoms with E-state index in [4.69, 9.17) is 26.7 Å². The van der Waals surface area contributed by atoms with Gasteiger partial charge >= 0.3 is 0 Å². The van der Waals surface area contributed by atoms with Gasteiger partial charge in [0.05, 0.1) is 5.02 Å². The molecule has 11 nitrogen and oxygen atoms in total. The monoisotopic (exact) mass is 627 g/mol. The predicted octanol–water partition coefficient (Wildman–Crippen LogP) is 4.97. The number of ether oxygens (including phenoxy) is 1. The number of fused-ring (bicyclic) bond motifs is 1. The van der Waals surface area contributed by atoms with E-state index < -0.39 is 5.91 Å². The molecule has 222 valence electrons. The molecule has 3 aromatic rings. The maximum atomic E-state index is 13.4. The van der Waals surface area contributed by atoms with Crippen LogP contribution in [0.3, 0.4) is 0 Å². The number of rotatable bonds is 9. The Morgan fingerprint density at radius 3 is 2.54 bits per heavy atom. The number of carbonyl (C=O) groups excluding carboxylic acids is 3. The molecule has 41 heavy (non-hydrogen) atoms. The molecule has 14 heteroatoms. The lowest BCUT2D eigenvalue weighted by molar-refractivity contribution is -0.130. The molecule has 0 bridgehead atoms. The number of nitrogens with one attached hydrogen (secondary N) is 2. The number of hydrogen-bond donors (Lipinski definition) is 3. The van der Waals surface area contributed by atoms with Gasteiger partial charge in [0, 0.05) is 36.5 Å². The minimum atomic E-state index is -0.577. The minimum Gasteiger partial charge on any atom is -0.491 e. The summed E-state index contributed by atoms with van der Waals surface area (Å²) in [6.07, 6.45) is 5.77. The zero-order valence-electron chi connectivity index (χ0n) is 22.1. The second-order valence-corrected chi connectivity index (χ2v) is 10.1. The van der Waals surface area contributed by atoms with Crippen molar-refractivity contribution in [2.45, 2.75) is 44.6 Å². The van der Waals surface area contributed by atoms with Gasteiger partial charge in [0.15, 0.2) is 0 Å². The Morgan fingerprint density at radius 1 is 1.10 bits per heavy atom. The molecule has 0 spiro atoms. The number of hydrogen-bond acceptors (Lipinski definition) is 8. The van der Waals surface area contributed by atoms with E-state index in [2.05, 4.69) is 20.5 Å². The maximum absolute atomic E-state index is 13.4. The van der Waals surface area contributed by atoms with Crippen LogP contribution in [0.4, 0.5) is 11.5 Å². The van der Waals surface area contributed by atoms with Crippen molar-refractivity contribution in [3.8, 4) is 5.75 Å². The molecular weight excluding hydrogens is 597 g/mol. The van der Waals surface area contributed by atoms with Crippen molar-refractivity contribution in [2.24, 2.45) is 11.8 Å². The Morgan fingerprint density at radius 2 is 1.88 bits per heavy atom. The molecule has 0 unspecified atom stereocenters. The van der Waals surface area contributed by atoms with E-state index in [1.54, 1.807) is 30.3 Å². The average Bonchev–Trinajstić information content (AvgIpc) is 3.53. The molecule has 2 aliphatic rings. The Balaban J connectivity index is 0.00000231. The van der Waals surface area contributed by atoms with Crippen molar-refractivity contribution in [3.63, 3.8) is 0 Å². The van der Waals surface area contributed by atoms with Gasteiger partial charge in [0.2, 0.25) is 17.6 Å². The zero-order chi connectivity index (χ0) is 27.4. The first-order valence-electron chi connectivity index (χ1n) is 13.0. The molecule has 1 aromatic carbocycles. The number of halogens is 3. The third kappa shape index (κ3) is 7.60. The topological polar surface area (TPSA) is 149 Å². The number of nitrogens with two attached hydrogens (primary N) is 1. The molecule has 3 heterocycles. The van der Waals surface area contributed by atoms with Crippen LogP contribution in [0.5, 0.6) is 5.75 Å². The van der Waals surface area contributed by atoms with Crippen molar-refractivity contribution >= 4 is 76.6 Å². The number of pyridine rings is 1. The molecule has 1 aliphatic carbocycles. The molecule has 0 radical (unpaired) electrons. The van der Waals surface area contributed by atoms with Gasteiger partial charge < -0.3 is 29.5 Å². The van der Waals surface area contributed by atoms with Gasteiger partial charge in [0.1, 0.15) is 36.1 Å². The summed E-state index contributed by atoms with van der Waals surface area (Å²) in [5.41, 5.74) is 0.650. The van der Waals surface area contributed by atoms with Crippen LogP contribution in [0.25, 0.3) is 11.0 Å². The van der Waals surface area contributed by atoms with Crippen LogP contribution in [-0.4, -0.2) is 53.4 Å². The summed E-state index contributed by atoms with van der Waals surface area (Å²) in [4.78, 5) is 49.4. The van der Waals surface area contributed by atoms with Gasteiger partial charge in [-0.15, -0.1) is 24.8 Å². The molecule has 3 amide bonds. The first-order valence-corrected chi connectivity index (χ1v) is 13.3. The van der Waals surface area contributed by atoms with Crippen LogP contribution in [0.2, 0.25) is 5.02 Å². The van der Waals surface area contributed by atoms with Crippen LogP contribution in [0.1, 0.15) is 49.1 Å². The summed E-state index contributed by atoms with van der Waals surface area (Å²) in [6.45, 7) is 1.21. The van der Waals surface area contributed by atoms with Gasteiger partial charge in [-0.3, -0.25) is 14.4 Å². The maximum Gasteiger partial charge on any atom is 0.294 e. The fourth-order valence-corrected chi connectivity index (χ4v) is 5.32. The molecule has 1 saturated carbocycles. The van der Waals surface area contributed by atoms with E-state index in [-0.39, 0.29) is 79.1 Å². The molecule has 1 aliphatic heterocycles. The van der Waals surface area contributed by atoms with E-state index in [1.165, 1.54) is 6.20 Å². The SMILES string of the molecule is Cl.Cl.NOCCOc1ccc2oc(C(=O)Nc3ccc(Cl)cn3)c(NC(=O)[C@H]3CC[C@H](N4CCCC4=O)CC3)c2c1. The van der Waals surface area contributed by atoms with E-state index in [0.29, 0.717) is 41.0 Å². The molecule has 2 fully saturated rings. The lowest BCUT2D eigenvalue weighted by atomic mass is 9.84. The van der Waals surface area contributed by atoms with Crippen molar-refractivity contribution in [1.82, 2.24) is 9.88 Å². The second-order valence-electron chi connectivity index (χ2n) is 9.68. The first kappa shape index (κ1) is 32.4. The third-order valence-corrected chi connectivity index (χ3v) is 7.39. The fourth-order valence-electron chi connectivity index (χ4n) is 5.21. The van der Waals surface area contributed by atoms with Crippen LogP contribution >= 0.6 is 36.4 Å². The van der Waals surface area contributed by atoms with Gasteiger partial charge in [0.25, 0.3) is 5.91 Å². The van der Waals surface area contributed by atoms with Crippen LogP contribution in [-0.2, 0) is 14.4 Å². The summed E-state index contributed by atoms with van der Waals surface area (Å²) in [7, 11) is 0. The molecule has 2 aromatic heterocycles. The number of likely N-dealkylation sites (tertiary alicyclic amines) is 1. The Labute approximate surface area is 254 Å². The van der Waals surface area contributed by atoms with Crippen molar-refractivity contribution in [3.05, 3.63) is 47.3 Å². The van der Waals surface area contributed by atoms with Gasteiger partial charge in [-0.05, 0) is 62.4 Å². The predicted molar refractivity (Wildman–Crippen MR) is 159 cm³/mol. The highest BCUT2D eigenvalue weighted by Crippen LogP contribution is 2.36. The number of amides is 3. The normalized spacial score (nSPS) is 18.4. The van der Waals surface area contributed by atoms with Gasteiger partial charge in [-0.1, -0.05) is 11.6 Å². The second kappa shape index (κ2) is 14.7. The van der Waals surface area contributed by atoms with Crippen LogP contribution in [0.15, 0.2) is 40.9 Å². The van der Waals surface area contributed by atoms with Crippen LogP contribution in [0, 0.1) is 5.92 Å². The number of nitrogens with zero attached hydrogens (tertiary/aromatic N) is 2. The van der Waals surface area contributed by atoms with Crippen molar-refractivity contribution < 1.29 is 28.4 Å². The zero-order valence-corrected chi connectivity index (χ0v) is 24.5. The smallest absolute Gasteiger partial charge is 0.294 e. The third-order valence-electron chi connectivity index (χ3n) is 7.17. The number of carbonyl (C=O) groups is 3. The quantitative estimate of drug-likeness (QED) is 0.222. The molecule has 0 atom stereocenters. The van der Waals surface area contributed by atoms with E-state index in [9.17, 15) is 14.4 Å². The summed E-state index contributed by atoms with van der Waals surface area (Å²) in [6, 6.07) is 8.40. The summed E-state index contributed by atoms with van der Waals surface area (Å²) in [5, 5.41) is 6.58. The number of aromatic nitrogens is 1. The van der Waals surface area contributed by atoms with Crippen molar-refractivity contribution in [2.75, 3.05) is 30.4 Å². The number of benzene rings is 1. The minimum absolute atomic E-state index is 0. The Hall–Kier alpha value is -3.09. The van der Waals surface area contributed by atoms with Gasteiger partial charge in [-0.25, -0.2) is 10.9 Å². The highest BCUT2D eigenvalue weighted by atomic mass is 35.5. The highest BCUT2D eigenvalue weighted by Gasteiger charge is 2.34. The number of furan rings is 1. The van der Waals surface area contributed by atoms with Gasteiger partial charge in [-0.2, -0.15) is 0 Å². The highest BCUT2D eigenvalue weighted by molar-refractivity contribution is 6.30. The lowest BCUT2D eigenvalue weighted by Gasteiger charge is -2.34. The first-order chi connectivity index (χ1) is 18.9. The largest absolute Gasteiger partial charge is 0.491 e. The summed E-state index contributed by atoms with van der Waals surface area (Å²) in [5.74, 6) is 4.96. The molecular formula is C27H32Cl3N5O6. The van der Waals surface area contributed by atoms with Crippen molar-refractivity contribution in [1.29, 1.82) is 0 Å². The fraction of sp³-hybridized carbons (Fsp3) is 0.407. The standard InChI is InChI=1S/C27H30ClN5O6.2ClH/c28-17-5-10-22(30-15-17)31-27(36)25-24(20-14-19(37-12-13-38-29)8-9-21(20)39-25)32-26(35)16-3-6-18(7-4-16)33-11-1-2-23(33)34;;/h5,8-10,14-16,18H,1-4,6-7,11-13,29H2,(H,32,35)(H,30,31,36);2*1H/t16-,18-;;. The number of anilines is 2. The molecule has 4 N–H and O–H groups in total. The van der Waals surface area contributed by atoms with E-state index in [1.807, 2.05) is 4.90 Å². The summed E-state index contributed by atoms with van der Waals surface area (Å²) < 4.78 is 11.6. The molecule has 5 rings (SSSR count). The molecule has 1 saturated heterocycles. The summed E-state index contributed by atoms with van der Waals surface area (Å²) >= 11 is 5.90. The Kier molecular flexibility index (Phi) is 11.6. The van der Waals surface area contributed by atoms with E-state index >= 15 is 0 Å².